The second kappa shape index (κ2) is 7.59. The van der Waals surface area contributed by atoms with Gasteiger partial charge in [-0.15, -0.1) is 11.8 Å². The van der Waals surface area contributed by atoms with E-state index in [2.05, 4.69) is 21.0 Å². The molecule has 0 spiro atoms. The van der Waals surface area contributed by atoms with Gasteiger partial charge < -0.3 is 14.0 Å². The van der Waals surface area contributed by atoms with E-state index in [4.69, 9.17) is 21.1 Å². The quantitative estimate of drug-likeness (QED) is 0.502. The summed E-state index contributed by atoms with van der Waals surface area (Å²) >= 11 is 7.80. The summed E-state index contributed by atoms with van der Waals surface area (Å²) in [7, 11) is 0. The third-order valence-electron chi connectivity index (χ3n) is 3.95. The van der Waals surface area contributed by atoms with Crippen molar-refractivity contribution in [3.05, 3.63) is 42.1 Å². The lowest BCUT2D eigenvalue weighted by molar-refractivity contribution is 0.0335. The number of rotatable bonds is 5. The molecule has 3 heterocycles. The molecule has 130 valence electrons. The van der Waals surface area contributed by atoms with Gasteiger partial charge in [-0.3, -0.25) is 0 Å². The Bertz CT molecular complexity index is 846. The van der Waals surface area contributed by atoms with E-state index in [1.54, 1.807) is 18.1 Å². The van der Waals surface area contributed by atoms with Crippen molar-refractivity contribution in [2.24, 2.45) is 0 Å². The molecule has 6 nitrogen and oxygen atoms in total. The Morgan fingerprint density at radius 3 is 3.16 bits per heavy atom. The van der Waals surface area contributed by atoms with Crippen molar-refractivity contribution >= 4 is 34.5 Å². The number of hydrogen-bond donors (Lipinski definition) is 0. The molecular formula is C17H17ClN4O2S. The first-order valence-corrected chi connectivity index (χ1v) is 9.45. The molecule has 1 atom stereocenters. The highest BCUT2D eigenvalue weighted by Gasteiger charge is 2.17. The van der Waals surface area contributed by atoms with E-state index in [1.807, 2.05) is 22.8 Å². The van der Waals surface area contributed by atoms with Gasteiger partial charge in [0, 0.05) is 23.8 Å². The molecule has 3 aromatic rings. The molecule has 1 aromatic carbocycles. The Kier molecular flexibility index (Phi) is 5.05. The van der Waals surface area contributed by atoms with Gasteiger partial charge in [0.05, 0.1) is 6.33 Å². The van der Waals surface area contributed by atoms with Crippen LogP contribution in [0.2, 0.25) is 5.15 Å². The number of ether oxygens (including phenoxy) is 2. The first kappa shape index (κ1) is 16.6. The van der Waals surface area contributed by atoms with Gasteiger partial charge in [0.1, 0.15) is 30.3 Å². The van der Waals surface area contributed by atoms with Crippen LogP contribution in [0.1, 0.15) is 6.42 Å². The number of fused-ring (bicyclic) bond motifs is 2. The van der Waals surface area contributed by atoms with E-state index in [0.717, 1.165) is 30.1 Å². The Morgan fingerprint density at radius 1 is 1.28 bits per heavy atom. The van der Waals surface area contributed by atoms with Crippen LogP contribution in [-0.4, -0.2) is 44.6 Å². The Hall–Kier alpha value is -1.83. The lowest BCUT2D eigenvalue weighted by atomic mass is 10.3. The zero-order chi connectivity index (χ0) is 17.1. The topological polar surface area (TPSA) is 62.1 Å². The number of thioether (sulfide) groups is 1. The zero-order valence-electron chi connectivity index (χ0n) is 13.5. The number of nitrogens with zero attached hydrogens (tertiary/aromatic N) is 4. The number of aromatic nitrogens is 4. The van der Waals surface area contributed by atoms with Gasteiger partial charge >= 0.3 is 0 Å². The summed E-state index contributed by atoms with van der Waals surface area (Å²) in [6.07, 6.45) is 4.15. The summed E-state index contributed by atoms with van der Waals surface area (Å²) in [4.78, 5) is 13.6. The fourth-order valence-electron chi connectivity index (χ4n) is 2.70. The molecule has 8 heteroatoms. The van der Waals surface area contributed by atoms with E-state index in [9.17, 15) is 0 Å². The van der Waals surface area contributed by atoms with E-state index in [-0.39, 0.29) is 6.10 Å². The SMILES string of the molecule is Clc1ncnc2c1ncn2CCCOC1COc2ccccc2SC1. The monoisotopic (exact) mass is 376 g/mol. The average Bonchev–Trinajstić information content (AvgIpc) is 2.94. The minimum Gasteiger partial charge on any atom is -0.490 e. The van der Waals surface area contributed by atoms with Crippen molar-refractivity contribution in [2.75, 3.05) is 19.0 Å². The molecule has 0 saturated carbocycles. The summed E-state index contributed by atoms with van der Waals surface area (Å²) in [5.41, 5.74) is 1.39. The number of hydrogen-bond acceptors (Lipinski definition) is 6. The van der Waals surface area contributed by atoms with Crippen LogP contribution in [0, 0.1) is 0 Å². The number of para-hydroxylation sites is 1. The van der Waals surface area contributed by atoms with Gasteiger partial charge in [0.15, 0.2) is 10.8 Å². The van der Waals surface area contributed by atoms with Crippen LogP contribution in [0.3, 0.4) is 0 Å². The van der Waals surface area contributed by atoms with Crippen molar-refractivity contribution in [2.45, 2.75) is 24.0 Å². The molecule has 2 aromatic heterocycles. The second-order valence-electron chi connectivity index (χ2n) is 5.69. The average molecular weight is 377 g/mol. The lowest BCUT2D eigenvalue weighted by Gasteiger charge is -2.15. The fraction of sp³-hybridized carbons (Fsp3) is 0.353. The molecule has 1 aliphatic rings. The molecule has 25 heavy (non-hydrogen) atoms. The van der Waals surface area contributed by atoms with E-state index in [0.29, 0.717) is 23.9 Å². The molecule has 0 radical (unpaired) electrons. The molecule has 0 bridgehead atoms. The van der Waals surface area contributed by atoms with Gasteiger partial charge in [-0.05, 0) is 18.6 Å². The van der Waals surface area contributed by atoms with Gasteiger partial charge in [0.25, 0.3) is 0 Å². The summed E-state index contributed by atoms with van der Waals surface area (Å²) in [6, 6.07) is 8.11. The van der Waals surface area contributed by atoms with E-state index >= 15 is 0 Å². The number of benzene rings is 1. The van der Waals surface area contributed by atoms with Crippen molar-refractivity contribution in [1.82, 2.24) is 19.5 Å². The molecule has 0 aliphatic carbocycles. The Balaban J connectivity index is 1.28. The number of halogens is 1. The molecular weight excluding hydrogens is 360 g/mol. The fourth-order valence-corrected chi connectivity index (χ4v) is 3.88. The molecule has 0 N–H and O–H groups in total. The van der Waals surface area contributed by atoms with Gasteiger partial charge in [0.2, 0.25) is 0 Å². The van der Waals surface area contributed by atoms with Crippen LogP contribution in [0.4, 0.5) is 0 Å². The third-order valence-corrected chi connectivity index (χ3v) is 5.42. The molecule has 4 rings (SSSR count). The van der Waals surface area contributed by atoms with Gasteiger partial charge in [-0.1, -0.05) is 23.7 Å². The van der Waals surface area contributed by atoms with Crippen molar-refractivity contribution < 1.29 is 9.47 Å². The number of aryl methyl sites for hydroxylation is 1. The third kappa shape index (κ3) is 3.73. The molecule has 1 aliphatic heterocycles. The highest BCUT2D eigenvalue weighted by atomic mass is 35.5. The standard InChI is InChI=1S/C17H17ClN4O2S/c18-16-15-17(20-10-19-16)22(11-21-15)6-3-7-23-12-8-24-13-4-1-2-5-14(13)25-9-12/h1-2,4-5,10-12H,3,6-9H2. The van der Waals surface area contributed by atoms with E-state index in [1.165, 1.54) is 11.2 Å². The Labute approximate surface area is 154 Å². The minimum atomic E-state index is 0.0914. The number of imidazole rings is 1. The predicted molar refractivity (Wildman–Crippen MR) is 97.4 cm³/mol. The minimum absolute atomic E-state index is 0.0914. The van der Waals surface area contributed by atoms with E-state index < -0.39 is 0 Å². The Morgan fingerprint density at radius 2 is 2.20 bits per heavy atom. The van der Waals surface area contributed by atoms with Crippen LogP contribution in [0.25, 0.3) is 11.2 Å². The predicted octanol–water partition coefficient (Wildman–Crippen LogP) is 3.44. The lowest BCUT2D eigenvalue weighted by Crippen LogP contribution is -2.23. The van der Waals surface area contributed by atoms with Crippen molar-refractivity contribution in [1.29, 1.82) is 0 Å². The van der Waals surface area contributed by atoms with Crippen molar-refractivity contribution in [3.8, 4) is 5.75 Å². The largest absolute Gasteiger partial charge is 0.490 e. The molecule has 0 saturated heterocycles. The maximum absolute atomic E-state index is 6.02. The summed E-state index contributed by atoms with van der Waals surface area (Å²) in [5, 5.41) is 0.382. The smallest absolute Gasteiger partial charge is 0.164 e. The van der Waals surface area contributed by atoms with Crippen molar-refractivity contribution in [3.63, 3.8) is 0 Å². The van der Waals surface area contributed by atoms with Crippen LogP contribution < -0.4 is 4.74 Å². The second-order valence-corrected chi connectivity index (χ2v) is 7.11. The first-order valence-electron chi connectivity index (χ1n) is 8.09. The molecule has 1 unspecified atom stereocenters. The maximum atomic E-state index is 6.02. The summed E-state index contributed by atoms with van der Waals surface area (Å²) < 4.78 is 13.8. The summed E-state index contributed by atoms with van der Waals surface area (Å²) in [6.45, 7) is 2.01. The van der Waals surface area contributed by atoms with Gasteiger partial charge in [-0.25, -0.2) is 15.0 Å². The van der Waals surface area contributed by atoms with Crippen LogP contribution in [0.15, 0.2) is 41.8 Å². The molecule has 0 fully saturated rings. The first-order chi connectivity index (χ1) is 12.3. The van der Waals surface area contributed by atoms with Crippen LogP contribution in [0.5, 0.6) is 5.75 Å². The highest BCUT2D eigenvalue weighted by molar-refractivity contribution is 7.99. The summed E-state index contributed by atoms with van der Waals surface area (Å²) in [5.74, 6) is 1.84. The molecule has 0 amide bonds. The normalized spacial score (nSPS) is 17.1. The maximum Gasteiger partial charge on any atom is 0.164 e. The zero-order valence-corrected chi connectivity index (χ0v) is 15.0. The van der Waals surface area contributed by atoms with Crippen LogP contribution in [-0.2, 0) is 11.3 Å². The van der Waals surface area contributed by atoms with Gasteiger partial charge in [-0.2, -0.15) is 0 Å². The van der Waals surface area contributed by atoms with Crippen LogP contribution >= 0.6 is 23.4 Å². The highest BCUT2D eigenvalue weighted by Crippen LogP contribution is 2.32.